The van der Waals surface area contributed by atoms with E-state index in [1.165, 1.54) is 5.75 Å². The predicted molar refractivity (Wildman–Crippen MR) is 66.1 cm³/mol. The molecule has 0 aromatic rings. The van der Waals surface area contributed by atoms with Gasteiger partial charge in [-0.05, 0) is 39.0 Å². The highest BCUT2D eigenvalue weighted by Gasteiger charge is 2.10. The van der Waals surface area contributed by atoms with Crippen molar-refractivity contribution in [2.75, 3.05) is 31.8 Å². The van der Waals surface area contributed by atoms with Crippen LogP contribution in [-0.4, -0.2) is 37.3 Å². The summed E-state index contributed by atoms with van der Waals surface area (Å²) in [5, 5.41) is 3.52. The number of ether oxygens (including phenoxy) is 1. The first-order chi connectivity index (χ1) is 6.45. The van der Waals surface area contributed by atoms with E-state index in [1.54, 1.807) is 7.11 Å². The lowest BCUT2D eigenvalue weighted by atomic mass is 10.1. The molecule has 0 amide bonds. The SMILES string of the molecule is COCCSCC(C)CNC(C)(C)C. The molecule has 0 aromatic heterocycles. The van der Waals surface area contributed by atoms with Gasteiger partial charge in [0, 0.05) is 18.4 Å². The predicted octanol–water partition coefficient (Wildman–Crippen LogP) is 2.39. The summed E-state index contributed by atoms with van der Waals surface area (Å²) in [6.45, 7) is 10.9. The van der Waals surface area contributed by atoms with Crippen LogP contribution in [0.25, 0.3) is 0 Å². The number of nitrogens with one attached hydrogen (secondary N) is 1. The molecule has 0 aliphatic rings. The fraction of sp³-hybridized carbons (Fsp3) is 1.00. The molecule has 1 atom stereocenters. The molecule has 0 rings (SSSR count). The van der Waals surface area contributed by atoms with Crippen LogP contribution in [-0.2, 0) is 4.74 Å². The third kappa shape index (κ3) is 10.4. The Bertz CT molecular complexity index is 134. The van der Waals surface area contributed by atoms with Gasteiger partial charge >= 0.3 is 0 Å². The van der Waals surface area contributed by atoms with Gasteiger partial charge in [-0.3, -0.25) is 0 Å². The highest BCUT2D eigenvalue weighted by molar-refractivity contribution is 7.99. The highest BCUT2D eigenvalue weighted by atomic mass is 32.2. The Kier molecular flexibility index (Phi) is 7.69. The zero-order valence-electron chi connectivity index (χ0n) is 10.2. The number of hydrogen-bond acceptors (Lipinski definition) is 3. The second kappa shape index (κ2) is 7.55. The van der Waals surface area contributed by atoms with Gasteiger partial charge in [0.1, 0.15) is 0 Å². The van der Waals surface area contributed by atoms with E-state index in [4.69, 9.17) is 4.74 Å². The van der Waals surface area contributed by atoms with Crippen LogP contribution < -0.4 is 5.32 Å². The summed E-state index contributed by atoms with van der Waals surface area (Å²) in [6, 6.07) is 0. The van der Waals surface area contributed by atoms with Crippen LogP contribution in [0.1, 0.15) is 27.7 Å². The maximum absolute atomic E-state index is 5.00. The monoisotopic (exact) mass is 219 g/mol. The Balaban J connectivity index is 3.32. The molecule has 2 nitrogen and oxygen atoms in total. The molecule has 3 heteroatoms. The molecule has 0 radical (unpaired) electrons. The van der Waals surface area contributed by atoms with E-state index < -0.39 is 0 Å². The number of thioether (sulfide) groups is 1. The van der Waals surface area contributed by atoms with Gasteiger partial charge in [-0.1, -0.05) is 6.92 Å². The first-order valence-corrected chi connectivity index (χ1v) is 6.43. The van der Waals surface area contributed by atoms with Crippen molar-refractivity contribution < 1.29 is 4.74 Å². The van der Waals surface area contributed by atoms with Crippen molar-refractivity contribution in [1.29, 1.82) is 0 Å². The largest absolute Gasteiger partial charge is 0.384 e. The summed E-state index contributed by atoms with van der Waals surface area (Å²) >= 11 is 1.97. The Morgan fingerprint density at radius 2 is 2.00 bits per heavy atom. The van der Waals surface area contributed by atoms with Crippen molar-refractivity contribution in [3.05, 3.63) is 0 Å². The summed E-state index contributed by atoms with van der Waals surface area (Å²) in [5.41, 5.74) is 0.242. The normalized spacial score (nSPS) is 14.4. The molecule has 1 unspecified atom stereocenters. The highest BCUT2D eigenvalue weighted by Crippen LogP contribution is 2.08. The van der Waals surface area contributed by atoms with Gasteiger partial charge in [0.25, 0.3) is 0 Å². The summed E-state index contributed by atoms with van der Waals surface area (Å²) in [5.74, 6) is 3.05. The van der Waals surface area contributed by atoms with Crippen LogP contribution in [0.3, 0.4) is 0 Å². The van der Waals surface area contributed by atoms with E-state index in [1.807, 2.05) is 11.8 Å². The lowest BCUT2D eigenvalue weighted by Crippen LogP contribution is -2.39. The molecule has 0 aliphatic carbocycles. The third-order valence-corrected chi connectivity index (χ3v) is 3.08. The summed E-state index contributed by atoms with van der Waals surface area (Å²) in [7, 11) is 1.76. The van der Waals surface area contributed by atoms with Crippen molar-refractivity contribution in [2.45, 2.75) is 33.2 Å². The van der Waals surface area contributed by atoms with Gasteiger partial charge in [-0.15, -0.1) is 0 Å². The molecule has 0 saturated heterocycles. The Hall–Kier alpha value is 0.270. The van der Waals surface area contributed by atoms with Crippen LogP contribution in [0, 0.1) is 5.92 Å². The van der Waals surface area contributed by atoms with Crippen molar-refractivity contribution in [3.8, 4) is 0 Å². The van der Waals surface area contributed by atoms with Crippen LogP contribution in [0.5, 0.6) is 0 Å². The Labute approximate surface area is 93.2 Å². The van der Waals surface area contributed by atoms with Crippen LogP contribution in [0.4, 0.5) is 0 Å². The molecular formula is C11H25NOS. The molecule has 0 spiro atoms. The topological polar surface area (TPSA) is 21.3 Å². The van der Waals surface area contributed by atoms with Gasteiger partial charge in [0.2, 0.25) is 0 Å². The molecule has 1 N–H and O–H groups in total. The second-order valence-electron chi connectivity index (χ2n) is 4.80. The lowest BCUT2D eigenvalue weighted by Gasteiger charge is -2.23. The standard InChI is InChI=1S/C11H25NOS/c1-10(8-12-11(2,3)4)9-14-7-6-13-5/h10,12H,6-9H2,1-5H3. The lowest BCUT2D eigenvalue weighted by molar-refractivity contribution is 0.218. The van der Waals surface area contributed by atoms with Crippen LogP contribution in [0.15, 0.2) is 0 Å². The van der Waals surface area contributed by atoms with E-state index in [0.29, 0.717) is 0 Å². The molecule has 86 valence electrons. The minimum Gasteiger partial charge on any atom is -0.384 e. The number of rotatable bonds is 7. The van der Waals surface area contributed by atoms with E-state index in [9.17, 15) is 0 Å². The average Bonchev–Trinajstić information content (AvgIpc) is 2.08. The number of hydrogen-bond donors (Lipinski definition) is 1. The Morgan fingerprint density at radius 1 is 1.36 bits per heavy atom. The molecular weight excluding hydrogens is 194 g/mol. The first kappa shape index (κ1) is 14.3. The Morgan fingerprint density at radius 3 is 2.50 bits per heavy atom. The van der Waals surface area contributed by atoms with E-state index in [-0.39, 0.29) is 5.54 Å². The fourth-order valence-corrected chi connectivity index (χ4v) is 1.94. The van der Waals surface area contributed by atoms with E-state index in [0.717, 1.165) is 24.8 Å². The minimum atomic E-state index is 0.242. The maximum atomic E-state index is 5.00. The van der Waals surface area contributed by atoms with Crippen molar-refractivity contribution in [3.63, 3.8) is 0 Å². The van der Waals surface area contributed by atoms with Gasteiger partial charge < -0.3 is 10.1 Å². The summed E-state index contributed by atoms with van der Waals surface area (Å²) < 4.78 is 5.00. The van der Waals surface area contributed by atoms with Crippen molar-refractivity contribution >= 4 is 11.8 Å². The van der Waals surface area contributed by atoms with Gasteiger partial charge in [-0.2, -0.15) is 11.8 Å². The molecule has 14 heavy (non-hydrogen) atoms. The smallest absolute Gasteiger partial charge is 0.0552 e. The average molecular weight is 219 g/mol. The summed E-state index contributed by atoms with van der Waals surface area (Å²) in [6.07, 6.45) is 0. The fourth-order valence-electron chi connectivity index (χ4n) is 0.966. The number of methoxy groups -OCH3 is 1. The summed E-state index contributed by atoms with van der Waals surface area (Å²) in [4.78, 5) is 0. The third-order valence-electron chi connectivity index (χ3n) is 1.82. The molecule has 0 aliphatic heterocycles. The molecule has 0 saturated carbocycles. The van der Waals surface area contributed by atoms with Gasteiger partial charge in [0.05, 0.1) is 6.61 Å². The van der Waals surface area contributed by atoms with Crippen molar-refractivity contribution in [2.24, 2.45) is 5.92 Å². The zero-order valence-corrected chi connectivity index (χ0v) is 11.0. The molecule has 0 heterocycles. The van der Waals surface area contributed by atoms with Crippen molar-refractivity contribution in [1.82, 2.24) is 5.32 Å². The maximum Gasteiger partial charge on any atom is 0.0552 e. The minimum absolute atomic E-state index is 0.242. The quantitative estimate of drug-likeness (QED) is 0.664. The molecule has 0 aromatic carbocycles. The van der Waals surface area contributed by atoms with Gasteiger partial charge in [-0.25, -0.2) is 0 Å². The van der Waals surface area contributed by atoms with E-state index >= 15 is 0 Å². The van der Waals surface area contributed by atoms with Crippen LogP contribution in [0.2, 0.25) is 0 Å². The van der Waals surface area contributed by atoms with E-state index in [2.05, 4.69) is 33.0 Å². The molecule has 0 fully saturated rings. The van der Waals surface area contributed by atoms with Crippen LogP contribution >= 0.6 is 11.8 Å². The van der Waals surface area contributed by atoms with Gasteiger partial charge in [0.15, 0.2) is 0 Å². The zero-order chi connectivity index (χ0) is 11.0. The second-order valence-corrected chi connectivity index (χ2v) is 5.95. The first-order valence-electron chi connectivity index (χ1n) is 5.27. The molecule has 0 bridgehead atoms.